The summed E-state index contributed by atoms with van der Waals surface area (Å²) in [5.41, 5.74) is -0.875. The highest BCUT2D eigenvalue weighted by molar-refractivity contribution is 4.87. The Kier molecular flexibility index (Phi) is 4.20. The molecule has 0 heterocycles. The van der Waals surface area contributed by atoms with Gasteiger partial charge in [0.2, 0.25) is 0 Å². The van der Waals surface area contributed by atoms with Gasteiger partial charge in [0.15, 0.2) is 6.10 Å². The molecule has 0 aliphatic heterocycles. The maximum absolute atomic E-state index is 12.1. The summed E-state index contributed by atoms with van der Waals surface area (Å²) in [4.78, 5) is 1.34. The maximum atomic E-state index is 12.1. The molecule has 1 atom stereocenters. The lowest BCUT2D eigenvalue weighted by Crippen LogP contribution is -2.45. The molecule has 0 radical (unpaired) electrons. The monoisotopic (exact) mass is 241 g/mol. The van der Waals surface area contributed by atoms with Crippen LogP contribution in [0.4, 0.5) is 13.2 Å². The Morgan fingerprint density at radius 2 is 1.81 bits per heavy atom. The van der Waals surface area contributed by atoms with Crippen molar-refractivity contribution in [1.82, 2.24) is 4.90 Å². The fraction of sp³-hybridized carbons (Fsp3) is 1.00. The molecule has 3 nitrogen and oxygen atoms in total. The van der Waals surface area contributed by atoms with Gasteiger partial charge in [0.1, 0.15) is 0 Å². The topological polar surface area (TPSA) is 43.7 Å². The van der Waals surface area contributed by atoms with E-state index >= 15 is 0 Å². The second-order valence-electron chi connectivity index (χ2n) is 4.69. The molecule has 2 N–H and O–H groups in total. The number of alkyl halides is 3. The van der Waals surface area contributed by atoms with E-state index in [4.69, 9.17) is 5.11 Å². The average molecular weight is 241 g/mol. The summed E-state index contributed by atoms with van der Waals surface area (Å²) in [6.45, 7) is -0.314. The smallest absolute Gasteiger partial charge is 0.389 e. The normalized spacial score (nSPS) is 22.7. The molecule has 1 unspecified atom stereocenters. The maximum Gasteiger partial charge on any atom is 0.415 e. The van der Waals surface area contributed by atoms with Crippen LogP contribution in [0.5, 0.6) is 0 Å². The molecule has 1 rings (SSSR count). The Hall–Kier alpha value is -0.330. The van der Waals surface area contributed by atoms with Gasteiger partial charge in [-0.15, -0.1) is 0 Å². The van der Waals surface area contributed by atoms with Crippen molar-refractivity contribution in [3.63, 3.8) is 0 Å². The van der Waals surface area contributed by atoms with E-state index in [9.17, 15) is 18.3 Å². The van der Waals surface area contributed by atoms with Gasteiger partial charge >= 0.3 is 6.18 Å². The van der Waals surface area contributed by atoms with E-state index in [1.807, 2.05) is 0 Å². The van der Waals surface area contributed by atoms with E-state index in [-0.39, 0.29) is 6.54 Å². The van der Waals surface area contributed by atoms with Crippen LogP contribution in [-0.2, 0) is 0 Å². The molecule has 16 heavy (non-hydrogen) atoms. The van der Waals surface area contributed by atoms with Crippen LogP contribution >= 0.6 is 0 Å². The van der Waals surface area contributed by atoms with E-state index in [0.717, 1.165) is 12.8 Å². The highest BCUT2D eigenvalue weighted by atomic mass is 19.4. The van der Waals surface area contributed by atoms with Crippen LogP contribution in [0.15, 0.2) is 0 Å². The summed E-state index contributed by atoms with van der Waals surface area (Å²) in [6.07, 6.45) is -3.87. The van der Waals surface area contributed by atoms with Crippen LogP contribution in [-0.4, -0.2) is 53.1 Å². The van der Waals surface area contributed by atoms with E-state index in [1.54, 1.807) is 0 Å². The lowest BCUT2D eigenvalue weighted by Gasteiger charge is -2.30. The number of rotatable bonds is 4. The second-order valence-corrected chi connectivity index (χ2v) is 4.69. The van der Waals surface area contributed by atoms with Gasteiger partial charge in [0.25, 0.3) is 0 Å². The molecular formula is C10H18F3NO2. The quantitative estimate of drug-likeness (QED) is 0.776. The zero-order chi connectivity index (χ0) is 12.4. The van der Waals surface area contributed by atoms with Gasteiger partial charge in [-0.25, -0.2) is 0 Å². The second kappa shape index (κ2) is 4.89. The lowest BCUT2D eigenvalue weighted by atomic mass is 10.0. The first-order valence-corrected chi connectivity index (χ1v) is 5.39. The van der Waals surface area contributed by atoms with Crippen LogP contribution in [0.25, 0.3) is 0 Å². The zero-order valence-corrected chi connectivity index (χ0v) is 9.30. The van der Waals surface area contributed by atoms with Crippen LogP contribution < -0.4 is 0 Å². The van der Waals surface area contributed by atoms with Crippen molar-refractivity contribution < 1.29 is 23.4 Å². The minimum atomic E-state index is -4.59. The van der Waals surface area contributed by atoms with Gasteiger partial charge in [-0.2, -0.15) is 13.2 Å². The third kappa shape index (κ3) is 3.92. The Bertz CT molecular complexity index is 227. The predicted octanol–water partition coefficient (Wildman–Crippen LogP) is 1.15. The number of likely N-dealkylation sites (N-methyl/N-ethyl adjacent to an activating group) is 1. The first kappa shape index (κ1) is 13.7. The SMILES string of the molecule is CN(CC(O)C(F)(F)F)CC1(O)CCCC1. The van der Waals surface area contributed by atoms with Crippen molar-refractivity contribution >= 4 is 0 Å². The Balaban J connectivity index is 2.38. The first-order valence-electron chi connectivity index (χ1n) is 5.39. The molecule has 1 aliphatic rings. The first-order chi connectivity index (χ1) is 7.23. The summed E-state index contributed by atoms with van der Waals surface area (Å²) < 4.78 is 36.2. The highest BCUT2D eigenvalue weighted by Crippen LogP contribution is 2.30. The third-order valence-electron chi connectivity index (χ3n) is 2.96. The summed E-state index contributed by atoms with van der Waals surface area (Å²) in [7, 11) is 1.48. The Labute approximate surface area is 92.9 Å². The number of nitrogens with zero attached hydrogens (tertiary/aromatic N) is 1. The lowest BCUT2D eigenvalue weighted by molar-refractivity contribution is -0.208. The molecule has 96 valence electrons. The molecule has 0 spiro atoms. The van der Waals surface area contributed by atoms with Crippen molar-refractivity contribution in [2.24, 2.45) is 0 Å². The Morgan fingerprint density at radius 1 is 1.31 bits per heavy atom. The molecule has 0 aromatic heterocycles. The van der Waals surface area contributed by atoms with E-state index in [2.05, 4.69) is 0 Å². The van der Waals surface area contributed by atoms with Gasteiger partial charge in [-0.3, -0.25) is 0 Å². The van der Waals surface area contributed by atoms with E-state index < -0.39 is 24.4 Å². The van der Waals surface area contributed by atoms with Crippen LogP contribution in [0, 0.1) is 0 Å². The molecule has 0 saturated heterocycles. The largest absolute Gasteiger partial charge is 0.415 e. The molecule has 0 aromatic rings. The molecule has 0 bridgehead atoms. The molecule has 0 amide bonds. The molecule has 1 fully saturated rings. The van der Waals surface area contributed by atoms with Gasteiger partial charge in [-0.1, -0.05) is 12.8 Å². The highest BCUT2D eigenvalue weighted by Gasteiger charge is 2.40. The fourth-order valence-electron chi connectivity index (χ4n) is 2.16. The van der Waals surface area contributed by atoms with Crippen molar-refractivity contribution in [1.29, 1.82) is 0 Å². The van der Waals surface area contributed by atoms with Crippen molar-refractivity contribution in [2.45, 2.75) is 43.6 Å². The van der Waals surface area contributed by atoms with Gasteiger partial charge in [-0.05, 0) is 19.9 Å². The molecule has 1 saturated carbocycles. The average Bonchev–Trinajstić information content (AvgIpc) is 2.49. The number of hydrogen-bond acceptors (Lipinski definition) is 3. The molecule has 1 aliphatic carbocycles. The van der Waals surface area contributed by atoms with Crippen molar-refractivity contribution in [3.8, 4) is 0 Å². The summed E-state index contributed by atoms with van der Waals surface area (Å²) in [5, 5.41) is 18.8. The number of aliphatic hydroxyl groups is 2. The van der Waals surface area contributed by atoms with Crippen molar-refractivity contribution in [3.05, 3.63) is 0 Å². The minimum Gasteiger partial charge on any atom is -0.389 e. The molecule has 6 heteroatoms. The summed E-state index contributed by atoms with van der Waals surface area (Å²) in [5.74, 6) is 0. The summed E-state index contributed by atoms with van der Waals surface area (Å²) in [6, 6.07) is 0. The van der Waals surface area contributed by atoms with Crippen molar-refractivity contribution in [2.75, 3.05) is 20.1 Å². The standard InChI is InChI=1S/C10H18F3NO2/c1-14(6-8(15)10(11,12)13)7-9(16)4-2-3-5-9/h8,15-16H,2-7H2,1H3. The number of hydrogen-bond donors (Lipinski definition) is 2. The minimum absolute atomic E-state index is 0.181. The van der Waals surface area contributed by atoms with Crippen LogP contribution in [0.3, 0.4) is 0 Å². The van der Waals surface area contributed by atoms with Gasteiger partial charge in [0.05, 0.1) is 5.60 Å². The fourth-order valence-corrected chi connectivity index (χ4v) is 2.16. The van der Waals surface area contributed by atoms with Crippen LogP contribution in [0.1, 0.15) is 25.7 Å². The predicted molar refractivity (Wildman–Crippen MR) is 53.0 cm³/mol. The summed E-state index contributed by atoms with van der Waals surface area (Å²) >= 11 is 0. The molecular weight excluding hydrogens is 223 g/mol. The van der Waals surface area contributed by atoms with Crippen LogP contribution in [0.2, 0.25) is 0 Å². The Morgan fingerprint density at radius 3 is 2.25 bits per heavy atom. The number of aliphatic hydroxyl groups excluding tert-OH is 1. The number of halogens is 3. The zero-order valence-electron chi connectivity index (χ0n) is 9.30. The third-order valence-corrected chi connectivity index (χ3v) is 2.96. The molecule has 0 aromatic carbocycles. The van der Waals surface area contributed by atoms with E-state index in [1.165, 1.54) is 11.9 Å². The van der Waals surface area contributed by atoms with Gasteiger partial charge < -0.3 is 15.1 Å². The van der Waals surface area contributed by atoms with E-state index in [0.29, 0.717) is 12.8 Å². The van der Waals surface area contributed by atoms with Gasteiger partial charge in [0, 0.05) is 13.1 Å².